The Morgan fingerprint density at radius 1 is 1.42 bits per heavy atom. The smallest absolute Gasteiger partial charge is 0.307 e. The van der Waals surface area contributed by atoms with Gasteiger partial charge in [-0.25, -0.2) is 4.98 Å². The van der Waals surface area contributed by atoms with Crippen LogP contribution in [0.15, 0.2) is 35.1 Å². The Balaban J connectivity index is 2.13. The molecule has 2 N–H and O–H groups in total. The molecule has 6 heteroatoms. The summed E-state index contributed by atoms with van der Waals surface area (Å²) in [4.78, 5) is 26.3. The van der Waals surface area contributed by atoms with Gasteiger partial charge in [0.2, 0.25) is 5.76 Å². The Morgan fingerprint density at radius 3 is 2.84 bits per heavy atom. The molecule has 1 aromatic carbocycles. The highest BCUT2D eigenvalue weighted by molar-refractivity contribution is 6.02. The lowest BCUT2D eigenvalue weighted by molar-refractivity contribution is -0.136. The van der Waals surface area contributed by atoms with E-state index in [9.17, 15) is 9.59 Å². The van der Waals surface area contributed by atoms with E-state index in [1.165, 1.54) is 6.39 Å². The van der Waals surface area contributed by atoms with Crippen molar-refractivity contribution in [1.29, 1.82) is 0 Å². The molecule has 0 spiro atoms. The number of anilines is 1. The summed E-state index contributed by atoms with van der Waals surface area (Å²) in [6, 6.07) is 6.65. The van der Waals surface area contributed by atoms with E-state index in [1.807, 2.05) is 0 Å². The first-order valence-corrected chi connectivity index (χ1v) is 5.58. The summed E-state index contributed by atoms with van der Waals surface area (Å²) >= 11 is 0. The predicted octanol–water partition coefficient (Wildman–Crippen LogP) is 1.86. The van der Waals surface area contributed by atoms with Gasteiger partial charge in [0.1, 0.15) is 0 Å². The Bertz CT molecular complexity index is 619. The average Bonchev–Trinajstić information content (AvgIpc) is 2.75. The number of rotatable bonds is 4. The second kappa shape index (κ2) is 5.34. The fourth-order valence-corrected chi connectivity index (χ4v) is 1.64. The highest BCUT2D eigenvalue weighted by Crippen LogP contribution is 2.14. The molecule has 0 unspecified atom stereocenters. The molecule has 0 radical (unpaired) electrons. The molecule has 2 rings (SSSR count). The van der Waals surface area contributed by atoms with Crippen LogP contribution < -0.4 is 5.32 Å². The number of carboxylic acids is 1. The molecule has 1 amide bonds. The van der Waals surface area contributed by atoms with E-state index < -0.39 is 11.9 Å². The molecule has 0 aliphatic rings. The number of hydrogen-bond acceptors (Lipinski definition) is 4. The van der Waals surface area contributed by atoms with Crippen LogP contribution in [0.25, 0.3) is 0 Å². The van der Waals surface area contributed by atoms with Gasteiger partial charge in [0.15, 0.2) is 6.39 Å². The third kappa shape index (κ3) is 3.19. The molecule has 1 aromatic heterocycles. The summed E-state index contributed by atoms with van der Waals surface area (Å²) < 4.78 is 4.98. The average molecular weight is 260 g/mol. The number of carboxylic acid groups (broad SMARTS) is 1. The standard InChI is InChI=1S/C13H12N2O4/c1-8-12(19-7-14-8)13(18)15-10-4-2-3-9(5-10)6-11(16)17/h2-5,7H,6H2,1H3,(H,15,18)(H,16,17). The molecular weight excluding hydrogens is 248 g/mol. The molecule has 2 aromatic rings. The van der Waals surface area contributed by atoms with Gasteiger partial charge in [-0.3, -0.25) is 9.59 Å². The molecule has 0 atom stereocenters. The molecule has 0 fully saturated rings. The number of aromatic nitrogens is 1. The van der Waals surface area contributed by atoms with Gasteiger partial charge in [-0.15, -0.1) is 0 Å². The minimum Gasteiger partial charge on any atom is -0.481 e. The number of nitrogens with zero attached hydrogens (tertiary/aromatic N) is 1. The first-order valence-electron chi connectivity index (χ1n) is 5.58. The van der Waals surface area contributed by atoms with Crippen molar-refractivity contribution in [1.82, 2.24) is 4.98 Å². The van der Waals surface area contributed by atoms with E-state index in [1.54, 1.807) is 31.2 Å². The number of oxazole rings is 1. The van der Waals surface area contributed by atoms with Crippen molar-refractivity contribution in [2.24, 2.45) is 0 Å². The predicted molar refractivity (Wildman–Crippen MR) is 67.0 cm³/mol. The number of amides is 1. The van der Waals surface area contributed by atoms with Crippen LogP contribution in [-0.2, 0) is 11.2 Å². The molecular formula is C13H12N2O4. The van der Waals surface area contributed by atoms with Crippen LogP contribution in [0.2, 0.25) is 0 Å². The number of nitrogens with one attached hydrogen (secondary N) is 1. The molecule has 19 heavy (non-hydrogen) atoms. The molecule has 0 saturated heterocycles. The fraction of sp³-hybridized carbons (Fsp3) is 0.154. The van der Waals surface area contributed by atoms with Crippen LogP contribution in [0, 0.1) is 6.92 Å². The van der Waals surface area contributed by atoms with E-state index in [0.717, 1.165) is 0 Å². The maximum Gasteiger partial charge on any atom is 0.307 e. The van der Waals surface area contributed by atoms with Crippen molar-refractivity contribution in [3.8, 4) is 0 Å². The molecule has 0 saturated carbocycles. The van der Waals surface area contributed by atoms with Gasteiger partial charge in [0.25, 0.3) is 5.91 Å². The van der Waals surface area contributed by atoms with E-state index in [-0.39, 0.29) is 12.2 Å². The van der Waals surface area contributed by atoms with Crippen molar-refractivity contribution in [2.75, 3.05) is 5.32 Å². The van der Waals surface area contributed by atoms with Gasteiger partial charge in [-0.1, -0.05) is 12.1 Å². The van der Waals surface area contributed by atoms with Gasteiger partial charge in [-0.2, -0.15) is 0 Å². The number of carbonyl (C=O) groups excluding carboxylic acids is 1. The van der Waals surface area contributed by atoms with Crippen LogP contribution in [-0.4, -0.2) is 22.0 Å². The van der Waals surface area contributed by atoms with Crippen LogP contribution >= 0.6 is 0 Å². The maximum absolute atomic E-state index is 11.9. The molecule has 98 valence electrons. The summed E-state index contributed by atoms with van der Waals surface area (Å²) in [6.45, 7) is 1.67. The summed E-state index contributed by atoms with van der Waals surface area (Å²) in [5.41, 5.74) is 1.62. The molecule has 0 bridgehead atoms. The molecule has 1 heterocycles. The van der Waals surface area contributed by atoms with Gasteiger partial charge in [0.05, 0.1) is 12.1 Å². The topological polar surface area (TPSA) is 92.4 Å². The normalized spacial score (nSPS) is 10.2. The lowest BCUT2D eigenvalue weighted by Gasteiger charge is -2.05. The third-order valence-corrected chi connectivity index (χ3v) is 2.49. The van der Waals surface area contributed by atoms with E-state index in [2.05, 4.69) is 10.3 Å². The lowest BCUT2D eigenvalue weighted by atomic mass is 10.1. The zero-order valence-corrected chi connectivity index (χ0v) is 10.2. The van der Waals surface area contributed by atoms with Gasteiger partial charge in [0, 0.05) is 5.69 Å². The van der Waals surface area contributed by atoms with E-state index in [4.69, 9.17) is 9.52 Å². The molecule has 0 aliphatic carbocycles. The minimum atomic E-state index is -0.922. The second-order valence-corrected chi connectivity index (χ2v) is 3.99. The maximum atomic E-state index is 11.9. The van der Waals surface area contributed by atoms with Crippen molar-refractivity contribution >= 4 is 17.6 Å². The van der Waals surface area contributed by atoms with Crippen LogP contribution in [0.4, 0.5) is 5.69 Å². The highest BCUT2D eigenvalue weighted by Gasteiger charge is 2.14. The van der Waals surface area contributed by atoms with E-state index in [0.29, 0.717) is 16.9 Å². The zero-order chi connectivity index (χ0) is 13.8. The number of aliphatic carboxylic acids is 1. The van der Waals surface area contributed by atoms with Crippen LogP contribution in [0.3, 0.4) is 0 Å². The van der Waals surface area contributed by atoms with Gasteiger partial charge < -0.3 is 14.8 Å². The molecule has 6 nitrogen and oxygen atoms in total. The van der Waals surface area contributed by atoms with Crippen molar-refractivity contribution < 1.29 is 19.1 Å². The summed E-state index contributed by atoms with van der Waals surface area (Å²) in [7, 11) is 0. The third-order valence-electron chi connectivity index (χ3n) is 2.49. The quantitative estimate of drug-likeness (QED) is 0.875. The second-order valence-electron chi connectivity index (χ2n) is 3.99. The number of benzene rings is 1. The zero-order valence-electron chi connectivity index (χ0n) is 10.2. The Hall–Kier alpha value is -2.63. The Labute approximate surface area is 109 Å². The highest BCUT2D eigenvalue weighted by atomic mass is 16.4. The monoisotopic (exact) mass is 260 g/mol. The Kier molecular flexibility index (Phi) is 3.61. The summed E-state index contributed by atoms with van der Waals surface area (Å²) in [6.07, 6.45) is 1.11. The summed E-state index contributed by atoms with van der Waals surface area (Å²) in [5.74, 6) is -1.19. The largest absolute Gasteiger partial charge is 0.481 e. The first-order chi connectivity index (χ1) is 9.06. The molecule has 0 aliphatic heterocycles. The van der Waals surface area contributed by atoms with Crippen molar-refractivity contribution in [3.63, 3.8) is 0 Å². The van der Waals surface area contributed by atoms with Crippen molar-refractivity contribution in [2.45, 2.75) is 13.3 Å². The minimum absolute atomic E-state index is 0.0922. The number of aryl methyl sites for hydroxylation is 1. The lowest BCUT2D eigenvalue weighted by Crippen LogP contribution is -2.12. The van der Waals surface area contributed by atoms with E-state index >= 15 is 0 Å². The SMILES string of the molecule is Cc1ncoc1C(=O)Nc1cccc(CC(=O)O)c1. The summed E-state index contributed by atoms with van der Waals surface area (Å²) in [5, 5.41) is 11.3. The van der Waals surface area contributed by atoms with Crippen LogP contribution in [0.1, 0.15) is 21.8 Å². The Morgan fingerprint density at radius 2 is 2.21 bits per heavy atom. The fourth-order valence-electron chi connectivity index (χ4n) is 1.64. The van der Waals surface area contributed by atoms with Crippen molar-refractivity contribution in [3.05, 3.63) is 47.7 Å². The van der Waals surface area contributed by atoms with Gasteiger partial charge in [-0.05, 0) is 24.6 Å². The van der Waals surface area contributed by atoms with Crippen LogP contribution in [0.5, 0.6) is 0 Å². The first kappa shape index (κ1) is 12.8. The van der Waals surface area contributed by atoms with Gasteiger partial charge >= 0.3 is 5.97 Å². The number of carbonyl (C=O) groups is 2. The number of hydrogen-bond donors (Lipinski definition) is 2.